The molecule has 11 nitrogen and oxygen atoms in total. The average Bonchev–Trinajstić information content (AvgIpc) is 3.66. The summed E-state index contributed by atoms with van der Waals surface area (Å²) >= 11 is 0. The first kappa shape index (κ1) is 44.5. The number of nitrogens with zero attached hydrogens (tertiary/aromatic N) is 8. The Kier molecular flexibility index (Phi) is 16.0. The molecule has 7 aromatic rings. The van der Waals surface area contributed by atoms with Gasteiger partial charge in [-0.25, -0.2) is 0 Å². The fraction of sp³-hybridized carbons (Fsp3) is 0.0571. The van der Waals surface area contributed by atoms with Crippen molar-refractivity contribution >= 4 is 7.81 Å². The Bertz CT molecular complexity index is 1950. The molecule has 54 heavy (non-hydrogen) atoms. The zero-order valence-electron chi connectivity index (χ0n) is 28.2. The molecule has 0 spiro atoms. The van der Waals surface area contributed by atoms with Crippen LogP contribution >= 0.6 is 7.81 Å². The second kappa shape index (κ2) is 19.4. The van der Waals surface area contributed by atoms with Gasteiger partial charge in [0.2, 0.25) is 0 Å². The molecule has 0 unspecified atom stereocenters. The molecule has 7 rings (SSSR count). The summed E-state index contributed by atoms with van der Waals surface area (Å²) in [7, 11) is -7.47. The van der Waals surface area contributed by atoms with Crippen LogP contribution in [0.15, 0.2) is 140 Å². The Balaban J connectivity index is 0.000000265. The standard InChI is InChI=1S/C15H13N4O2.2C10H8N2.F6P.H2O.Ru/c1-20-12-7-6-10(9-13(12)21-2)14-17-15(19-18-14)11-5-3-4-8-16-11;2*1-3-7-11-9(5-1)10-6-2-4-8-12-10;1-7(2,3,4,5)6;;/h3-9H,1-2H3;2*1-8H;;1H2;/q-1;;;-1;;+2. The molecular weight excluding hydrogens is 826 g/mol. The van der Waals surface area contributed by atoms with E-state index in [-0.39, 0.29) is 25.0 Å². The van der Waals surface area contributed by atoms with E-state index in [9.17, 15) is 25.2 Å². The zero-order valence-corrected chi connectivity index (χ0v) is 30.9. The predicted octanol–water partition coefficient (Wildman–Crippen LogP) is 9.02. The molecule has 284 valence electrons. The van der Waals surface area contributed by atoms with E-state index in [0.29, 0.717) is 28.8 Å². The molecule has 0 saturated heterocycles. The summed E-state index contributed by atoms with van der Waals surface area (Å²) in [5, 5.41) is 8.16. The van der Waals surface area contributed by atoms with E-state index in [1.165, 1.54) is 0 Å². The third kappa shape index (κ3) is 16.3. The van der Waals surface area contributed by atoms with Crippen LogP contribution in [-0.4, -0.2) is 54.7 Å². The zero-order chi connectivity index (χ0) is 37.5. The molecule has 0 amide bonds. The smallest absolute Gasteiger partial charge is 0.412 e. The topological polar surface area (TPSA) is 154 Å². The Labute approximate surface area is 318 Å². The maximum Gasteiger partial charge on any atom is 2.00 e. The quantitative estimate of drug-likeness (QED) is 0.0899. The minimum atomic E-state index is -10.7. The van der Waals surface area contributed by atoms with E-state index in [0.717, 1.165) is 28.3 Å². The Morgan fingerprint density at radius 3 is 1.17 bits per heavy atom. The van der Waals surface area contributed by atoms with Gasteiger partial charge in [0, 0.05) is 36.5 Å². The molecule has 19 heteroatoms. The molecule has 0 radical (unpaired) electrons. The van der Waals surface area contributed by atoms with E-state index in [1.807, 2.05) is 109 Å². The van der Waals surface area contributed by atoms with Gasteiger partial charge < -0.3 is 25.0 Å². The Morgan fingerprint density at radius 1 is 0.500 bits per heavy atom. The number of rotatable bonds is 6. The van der Waals surface area contributed by atoms with Crippen LogP contribution in [0.4, 0.5) is 25.2 Å². The molecule has 0 aliphatic rings. The number of ether oxygens (including phenoxy) is 2. The van der Waals surface area contributed by atoms with Gasteiger partial charge in [-0.2, -0.15) is 0 Å². The van der Waals surface area contributed by atoms with Crippen LogP contribution in [0.1, 0.15) is 0 Å². The monoisotopic (exact) mass is 858 g/mol. The van der Waals surface area contributed by atoms with E-state index in [4.69, 9.17) is 9.47 Å². The molecule has 1 aromatic carbocycles. The van der Waals surface area contributed by atoms with Crippen molar-refractivity contribution in [3.63, 3.8) is 0 Å². The van der Waals surface area contributed by atoms with Crippen molar-refractivity contribution in [2.24, 2.45) is 0 Å². The summed E-state index contributed by atoms with van der Waals surface area (Å²) in [5.41, 5.74) is 5.16. The predicted molar refractivity (Wildman–Crippen MR) is 189 cm³/mol. The summed E-state index contributed by atoms with van der Waals surface area (Å²) in [5.74, 6) is 2.31. The molecule has 6 aromatic heterocycles. The van der Waals surface area contributed by atoms with Crippen LogP contribution in [-0.2, 0) is 19.5 Å². The summed E-state index contributed by atoms with van der Waals surface area (Å²) in [6.07, 6.45) is 8.77. The number of benzene rings is 1. The van der Waals surface area contributed by atoms with Gasteiger partial charge >= 0.3 is 52.5 Å². The van der Waals surface area contributed by atoms with Gasteiger partial charge in [0.1, 0.15) is 0 Å². The first-order valence-electron chi connectivity index (χ1n) is 14.9. The third-order valence-electron chi connectivity index (χ3n) is 6.17. The Morgan fingerprint density at radius 2 is 0.852 bits per heavy atom. The minimum Gasteiger partial charge on any atom is -0.412 e. The van der Waals surface area contributed by atoms with Crippen LogP contribution in [0.2, 0.25) is 0 Å². The van der Waals surface area contributed by atoms with E-state index in [2.05, 4.69) is 40.1 Å². The van der Waals surface area contributed by atoms with Crippen molar-refractivity contribution in [2.75, 3.05) is 14.2 Å². The van der Waals surface area contributed by atoms with Gasteiger partial charge in [0.15, 0.2) is 11.5 Å². The second-order valence-electron chi connectivity index (χ2n) is 10.1. The van der Waals surface area contributed by atoms with Crippen molar-refractivity contribution in [3.05, 3.63) is 140 Å². The Hall–Kier alpha value is -5.70. The fourth-order valence-corrected chi connectivity index (χ4v) is 4.00. The molecule has 0 fully saturated rings. The molecule has 0 saturated carbocycles. The van der Waals surface area contributed by atoms with Gasteiger partial charge in [0.05, 0.1) is 48.5 Å². The summed E-state index contributed by atoms with van der Waals surface area (Å²) < 4.78 is 69.7. The largest absolute Gasteiger partial charge is 2.00 e. The molecule has 6 heterocycles. The molecule has 0 bridgehead atoms. The number of pyridine rings is 5. The van der Waals surface area contributed by atoms with Crippen molar-refractivity contribution < 1.29 is 59.6 Å². The minimum absolute atomic E-state index is 0. The van der Waals surface area contributed by atoms with Crippen molar-refractivity contribution in [1.29, 1.82) is 0 Å². The number of hydrogen-bond donors (Lipinski definition) is 0. The van der Waals surface area contributed by atoms with Crippen LogP contribution in [0, 0.1) is 0 Å². The molecule has 0 atom stereocenters. The first-order chi connectivity index (χ1) is 24.7. The second-order valence-corrected chi connectivity index (χ2v) is 12.0. The van der Waals surface area contributed by atoms with Gasteiger partial charge in [-0.05, 0) is 84.7 Å². The molecule has 0 aliphatic heterocycles. The fourth-order valence-electron chi connectivity index (χ4n) is 4.00. The molecule has 2 N–H and O–H groups in total. The first-order valence-corrected chi connectivity index (χ1v) is 17.0. The van der Waals surface area contributed by atoms with Crippen molar-refractivity contribution in [3.8, 4) is 57.2 Å². The van der Waals surface area contributed by atoms with Gasteiger partial charge in [0.25, 0.3) is 0 Å². The number of halogens is 6. The van der Waals surface area contributed by atoms with Crippen LogP contribution in [0.3, 0.4) is 0 Å². The average molecular weight is 858 g/mol. The van der Waals surface area contributed by atoms with Crippen LogP contribution < -0.4 is 14.6 Å². The van der Waals surface area contributed by atoms with E-state index < -0.39 is 7.81 Å². The van der Waals surface area contributed by atoms with Gasteiger partial charge in [-0.3, -0.25) is 30.0 Å². The van der Waals surface area contributed by atoms with E-state index >= 15 is 0 Å². The normalized spacial score (nSPS) is 11.3. The van der Waals surface area contributed by atoms with Gasteiger partial charge in [-0.1, -0.05) is 30.3 Å². The number of methoxy groups -OCH3 is 2. The third-order valence-corrected chi connectivity index (χ3v) is 6.17. The SMILES string of the molecule is COc1ccc(-c2n[n-]c(-c3ccccn3)n2)cc1OC.F[P-](F)(F)(F)(F)F.O.[Ru+2].c1ccc(-c2ccccn2)nc1.c1ccc(-c2ccccn2)nc1. The number of aromatic nitrogens is 8. The van der Waals surface area contributed by atoms with Crippen LogP contribution in [0.25, 0.3) is 45.7 Å². The summed E-state index contributed by atoms with van der Waals surface area (Å²) in [6.45, 7) is 0. The maximum atomic E-state index is 9.87. The number of hydrogen-bond acceptors (Lipinski definition) is 9. The van der Waals surface area contributed by atoms with Crippen molar-refractivity contribution in [1.82, 2.24) is 40.1 Å². The summed E-state index contributed by atoms with van der Waals surface area (Å²) in [6, 6.07) is 34.2. The summed E-state index contributed by atoms with van der Waals surface area (Å²) in [4.78, 5) is 25.4. The van der Waals surface area contributed by atoms with Gasteiger partial charge in [-0.15, -0.1) is 0 Å². The van der Waals surface area contributed by atoms with E-state index in [1.54, 1.807) is 45.2 Å². The molecule has 0 aliphatic carbocycles. The molecular formula is C35H31F6N8O3PRu. The maximum absolute atomic E-state index is 10.7. The van der Waals surface area contributed by atoms with Crippen LogP contribution in [0.5, 0.6) is 11.5 Å². The van der Waals surface area contributed by atoms with Crippen molar-refractivity contribution in [2.45, 2.75) is 0 Å².